The number of sulfonamides is 1. The first-order valence-electron chi connectivity index (χ1n) is 8.70. The zero-order chi connectivity index (χ0) is 18.0. The highest BCUT2D eigenvalue weighted by atomic mass is 32.2. The Labute approximate surface area is 150 Å². The first-order valence-corrected chi connectivity index (χ1v) is 10.2. The van der Waals surface area contributed by atoms with E-state index in [0.29, 0.717) is 5.75 Å². The van der Waals surface area contributed by atoms with Crippen LogP contribution < -0.4 is 9.46 Å². The van der Waals surface area contributed by atoms with Crippen molar-refractivity contribution in [3.63, 3.8) is 0 Å². The molecular formula is C20H25NO3S. The van der Waals surface area contributed by atoms with Gasteiger partial charge in [-0.3, -0.25) is 0 Å². The quantitative estimate of drug-likeness (QED) is 0.871. The third-order valence-electron chi connectivity index (χ3n) is 4.81. The van der Waals surface area contributed by atoms with Crippen LogP contribution in [0.1, 0.15) is 55.3 Å². The van der Waals surface area contributed by atoms with Crippen molar-refractivity contribution in [1.82, 2.24) is 4.72 Å². The van der Waals surface area contributed by atoms with E-state index in [1.807, 2.05) is 38.1 Å². The topological polar surface area (TPSA) is 55.4 Å². The predicted molar refractivity (Wildman–Crippen MR) is 99.5 cm³/mol. The van der Waals surface area contributed by atoms with E-state index in [4.69, 9.17) is 4.74 Å². The number of fused-ring (bicyclic) bond motifs is 1. The van der Waals surface area contributed by atoms with E-state index in [2.05, 4.69) is 10.8 Å². The molecule has 0 saturated carbocycles. The van der Waals surface area contributed by atoms with Gasteiger partial charge in [-0.25, -0.2) is 13.1 Å². The van der Waals surface area contributed by atoms with Crippen LogP contribution >= 0.6 is 0 Å². The summed E-state index contributed by atoms with van der Waals surface area (Å²) < 4.78 is 34.4. The summed E-state index contributed by atoms with van der Waals surface area (Å²) in [5.41, 5.74) is 3.28. The fourth-order valence-corrected chi connectivity index (χ4v) is 4.84. The van der Waals surface area contributed by atoms with E-state index in [-0.39, 0.29) is 16.9 Å². The number of hydrogen-bond acceptors (Lipinski definition) is 3. The minimum atomic E-state index is -3.68. The van der Waals surface area contributed by atoms with Crippen LogP contribution in [-0.4, -0.2) is 15.5 Å². The largest absolute Gasteiger partial charge is 0.495 e. The average Bonchev–Trinajstić information content (AvgIpc) is 2.61. The molecule has 0 heterocycles. The van der Waals surface area contributed by atoms with Crippen molar-refractivity contribution in [1.29, 1.82) is 0 Å². The SMILES string of the molecule is COc1ccc(C(C)C)cc1S(=O)(=O)N[C@@H]1CCCc2ccccc21. The van der Waals surface area contributed by atoms with Crippen molar-refractivity contribution < 1.29 is 13.2 Å². The van der Waals surface area contributed by atoms with Crippen LogP contribution in [0.3, 0.4) is 0 Å². The molecule has 1 atom stereocenters. The lowest BCUT2D eigenvalue weighted by Gasteiger charge is -2.26. The third kappa shape index (κ3) is 3.72. The number of ether oxygens (including phenoxy) is 1. The lowest BCUT2D eigenvalue weighted by molar-refractivity contribution is 0.401. The molecule has 0 unspecified atom stereocenters. The Morgan fingerprint density at radius 1 is 1.16 bits per heavy atom. The van der Waals surface area contributed by atoms with Gasteiger partial charge in [0.1, 0.15) is 10.6 Å². The molecule has 1 N–H and O–H groups in total. The number of hydrogen-bond donors (Lipinski definition) is 1. The minimum Gasteiger partial charge on any atom is -0.495 e. The zero-order valence-corrected chi connectivity index (χ0v) is 15.8. The van der Waals surface area contributed by atoms with E-state index in [1.54, 1.807) is 12.1 Å². The van der Waals surface area contributed by atoms with Crippen LogP contribution in [0.4, 0.5) is 0 Å². The maximum Gasteiger partial charge on any atom is 0.244 e. The number of rotatable bonds is 5. The van der Waals surface area contributed by atoms with Gasteiger partial charge in [0.25, 0.3) is 0 Å². The molecule has 1 aliphatic rings. The van der Waals surface area contributed by atoms with E-state index in [1.165, 1.54) is 12.7 Å². The fourth-order valence-electron chi connectivity index (χ4n) is 3.39. The number of nitrogens with one attached hydrogen (secondary N) is 1. The van der Waals surface area contributed by atoms with Crippen LogP contribution in [0.15, 0.2) is 47.4 Å². The van der Waals surface area contributed by atoms with Gasteiger partial charge in [0.15, 0.2) is 0 Å². The molecule has 0 fully saturated rings. The molecule has 3 rings (SSSR count). The summed E-state index contributed by atoms with van der Waals surface area (Å²) in [6, 6.07) is 13.2. The maximum absolute atomic E-state index is 13.1. The number of methoxy groups -OCH3 is 1. The Morgan fingerprint density at radius 2 is 1.92 bits per heavy atom. The summed E-state index contributed by atoms with van der Waals surface area (Å²) in [6.07, 6.45) is 2.79. The molecule has 2 aromatic rings. The lowest BCUT2D eigenvalue weighted by atomic mass is 9.88. The summed E-state index contributed by atoms with van der Waals surface area (Å²) in [5.74, 6) is 0.622. The van der Waals surface area contributed by atoms with E-state index in [0.717, 1.165) is 30.4 Å². The first-order chi connectivity index (χ1) is 11.9. The van der Waals surface area contributed by atoms with E-state index < -0.39 is 10.0 Å². The van der Waals surface area contributed by atoms with Gasteiger partial charge in [-0.1, -0.05) is 44.2 Å². The van der Waals surface area contributed by atoms with Gasteiger partial charge in [0.2, 0.25) is 10.0 Å². The molecule has 1 aliphatic carbocycles. The standard InChI is InChI=1S/C20H25NO3S/c1-14(2)16-11-12-19(24-3)20(13-16)25(22,23)21-18-10-6-8-15-7-4-5-9-17(15)18/h4-5,7,9,11-14,18,21H,6,8,10H2,1-3H3/t18-/m1/s1. The maximum atomic E-state index is 13.1. The van der Waals surface area contributed by atoms with E-state index >= 15 is 0 Å². The Bertz CT molecular complexity index is 859. The highest BCUT2D eigenvalue weighted by Crippen LogP contribution is 2.33. The van der Waals surface area contributed by atoms with Crippen LogP contribution in [0.25, 0.3) is 0 Å². The van der Waals surface area contributed by atoms with Gasteiger partial charge in [0.05, 0.1) is 7.11 Å². The molecule has 0 bridgehead atoms. The van der Waals surface area contributed by atoms with Gasteiger partial charge < -0.3 is 4.74 Å². The van der Waals surface area contributed by atoms with Gasteiger partial charge >= 0.3 is 0 Å². The van der Waals surface area contributed by atoms with Crippen molar-refractivity contribution in [2.75, 3.05) is 7.11 Å². The summed E-state index contributed by atoms with van der Waals surface area (Å²) in [4.78, 5) is 0.212. The number of aryl methyl sites for hydroxylation is 1. The van der Waals surface area contributed by atoms with Gasteiger partial charge in [-0.05, 0) is 54.0 Å². The molecule has 0 aromatic heterocycles. The minimum absolute atomic E-state index is 0.192. The van der Waals surface area contributed by atoms with Gasteiger partial charge in [-0.15, -0.1) is 0 Å². The van der Waals surface area contributed by atoms with Crippen molar-refractivity contribution >= 4 is 10.0 Å². The van der Waals surface area contributed by atoms with Crippen molar-refractivity contribution in [3.05, 3.63) is 59.2 Å². The molecule has 4 nitrogen and oxygen atoms in total. The van der Waals surface area contributed by atoms with Gasteiger partial charge in [-0.2, -0.15) is 0 Å². The second-order valence-electron chi connectivity index (χ2n) is 6.83. The molecule has 0 aliphatic heterocycles. The second kappa shape index (κ2) is 7.18. The molecule has 134 valence electrons. The van der Waals surface area contributed by atoms with Crippen LogP contribution in [0.5, 0.6) is 5.75 Å². The highest BCUT2D eigenvalue weighted by molar-refractivity contribution is 7.89. The molecule has 0 spiro atoms. The molecular weight excluding hydrogens is 334 g/mol. The molecule has 0 saturated heterocycles. The molecule has 0 radical (unpaired) electrons. The van der Waals surface area contributed by atoms with Crippen molar-refractivity contribution in [2.45, 2.75) is 50.0 Å². The average molecular weight is 359 g/mol. The summed E-state index contributed by atoms with van der Waals surface area (Å²) in [7, 11) is -2.18. The van der Waals surface area contributed by atoms with Crippen molar-refractivity contribution in [3.8, 4) is 5.75 Å². The Hall–Kier alpha value is -1.85. The number of benzene rings is 2. The molecule has 0 amide bonds. The van der Waals surface area contributed by atoms with Crippen LogP contribution in [-0.2, 0) is 16.4 Å². The Balaban J connectivity index is 1.97. The summed E-state index contributed by atoms with van der Waals surface area (Å²) >= 11 is 0. The summed E-state index contributed by atoms with van der Waals surface area (Å²) in [5, 5.41) is 0. The zero-order valence-electron chi connectivity index (χ0n) is 15.0. The highest BCUT2D eigenvalue weighted by Gasteiger charge is 2.28. The van der Waals surface area contributed by atoms with Crippen LogP contribution in [0.2, 0.25) is 0 Å². The normalized spacial score (nSPS) is 17.4. The third-order valence-corrected chi connectivity index (χ3v) is 6.30. The lowest BCUT2D eigenvalue weighted by Crippen LogP contribution is -2.31. The molecule has 25 heavy (non-hydrogen) atoms. The first kappa shape index (κ1) is 18.0. The van der Waals surface area contributed by atoms with Gasteiger partial charge in [0, 0.05) is 6.04 Å². The molecule has 2 aromatic carbocycles. The monoisotopic (exact) mass is 359 g/mol. The van der Waals surface area contributed by atoms with Crippen molar-refractivity contribution in [2.24, 2.45) is 0 Å². The predicted octanol–water partition coefficient (Wildman–Crippen LogP) is 4.17. The molecule has 5 heteroatoms. The summed E-state index contributed by atoms with van der Waals surface area (Å²) in [6.45, 7) is 4.09. The van der Waals surface area contributed by atoms with E-state index in [9.17, 15) is 8.42 Å². The van der Waals surface area contributed by atoms with Crippen LogP contribution in [0, 0.1) is 0 Å². The Morgan fingerprint density at radius 3 is 2.64 bits per heavy atom. The Kier molecular flexibility index (Phi) is 5.16. The smallest absolute Gasteiger partial charge is 0.244 e. The fraction of sp³-hybridized carbons (Fsp3) is 0.400. The second-order valence-corrected chi connectivity index (χ2v) is 8.51.